The van der Waals surface area contributed by atoms with E-state index < -0.39 is 0 Å². The second kappa shape index (κ2) is 5.45. The molecule has 2 aliphatic heterocycles. The molecule has 1 unspecified atom stereocenters. The Morgan fingerprint density at radius 1 is 1.42 bits per heavy atom. The second-order valence-electron chi connectivity index (χ2n) is 5.31. The van der Waals surface area contributed by atoms with Crippen LogP contribution in [0.4, 0.5) is 0 Å². The van der Waals surface area contributed by atoms with Gasteiger partial charge in [-0.3, -0.25) is 4.79 Å². The minimum Gasteiger partial charge on any atom is -0.465 e. The fourth-order valence-corrected chi connectivity index (χ4v) is 4.13. The van der Waals surface area contributed by atoms with Gasteiger partial charge in [0.1, 0.15) is 5.76 Å². The van der Waals surface area contributed by atoms with E-state index in [-0.39, 0.29) is 5.91 Å². The van der Waals surface area contributed by atoms with Crippen LogP contribution < -0.4 is 0 Å². The molecule has 2 saturated heterocycles. The first-order valence-electron chi connectivity index (χ1n) is 6.84. The van der Waals surface area contributed by atoms with Crippen LogP contribution in [0.5, 0.6) is 0 Å². The molecule has 1 amide bonds. The monoisotopic (exact) mass is 277 g/mol. The molecular weight excluding hydrogens is 258 g/mol. The van der Waals surface area contributed by atoms with Gasteiger partial charge in [-0.25, -0.2) is 0 Å². The zero-order valence-corrected chi connectivity index (χ0v) is 11.9. The minimum atomic E-state index is 0.142. The van der Waals surface area contributed by atoms with Gasteiger partial charge < -0.3 is 9.32 Å². The number of rotatable bonds is 3. The van der Waals surface area contributed by atoms with Crippen molar-refractivity contribution >= 4 is 23.7 Å². The zero-order chi connectivity index (χ0) is 13.2. The van der Waals surface area contributed by atoms with Gasteiger partial charge in [-0.05, 0) is 50.1 Å². The van der Waals surface area contributed by atoms with E-state index in [1.54, 1.807) is 18.4 Å². The van der Waals surface area contributed by atoms with Crippen LogP contribution in [0.3, 0.4) is 0 Å². The highest BCUT2D eigenvalue weighted by atomic mass is 32.2. The third kappa shape index (κ3) is 2.59. The molecule has 0 saturated carbocycles. The molecule has 4 heteroatoms. The van der Waals surface area contributed by atoms with Gasteiger partial charge >= 0.3 is 0 Å². The van der Waals surface area contributed by atoms with Crippen molar-refractivity contribution in [2.75, 3.05) is 6.26 Å². The Morgan fingerprint density at radius 3 is 2.74 bits per heavy atom. The first kappa shape index (κ1) is 12.9. The largest absolute Gasteiger partial charge is 0.465 e. The Balaban J connectivity index is 1.68. The van der Waals surface area contributed by atoms with Gasteiger partial charge in [0, 0.05) is 23.4 Å². The summed E-state index contributed by atoms with van der Waals surface area (Å²) in [6, 6.07) is 4.59. The summed E-state index contributed by atoms with van der Waals surface area (Å²) < 4.78 is 5.21. The van der Waals surface area contributed by atoms with Crippen LogP contribution in [0.15, 0.2) is 28.9 Å². The number of fused-ring (bicyclic) bond motifs is 2. The molecule has 1 aromatic rings. The summed E-state index contributed by atoms with van der Waals surface area (Å²) in [7, 11) is 0. The van der Waals surface area contributed by atoms with E-state index in [0.717, 1.165) is 23.9 Å². The molecule has 3 atom stereocenters. The van der Waals surface area contributed by atoms with Gasteiger partial charge in [-0.1, -0.05) is 0 Å². The van der Waals surface area contributed by atoms with Crippen LogP contribution in [0.1, 0.15) is 31.4 Å². The predicted molar refractivity (Wildman–Crippen MR) is 77.9 cm³/mol. The lowest BCUT2D eigenvalue weighted by atomic mass is 10.0. The fraction of sp³-hybridized carbons (Fsp3) is 0.533. The fourth-order valence-electron chi connectivity index (χ4n) is 3.30. The molecule has 3 rings (SSSR count). The summed E-state index contributed by atoms with van der Waals surface area (Å²) in [4.78, 5) is 14.4. The number of carbonyl (C=O) groups excluding carboxylic acids is 1. The Morgan fingerprint density at radius 2 is 2.16 bits per heavy atom. The van der Waals surface area contributed by atoms with Gasteiger partial charge in [0.2, 0.25) is 5.91 Å². The van der Waals surface area contributed by atoms with Crippen LogP contribution >= 0.6 is 11.8 Å². The molecule has 3 nitrogen and oxygen atoms in total. The van der Waals surface area contributed by atoms with E-state index in [2.05, 4.69) is 11.2 Å². The van der Waals surface area contributed by atoms with Crippen molar-refractivity contribution in [2.24, 2.45) is 0 Å². The maximum absolute atomic E-state index is 12.3. The lowest BCUT2D eigenvalue weighted by Gasteiger charge is -2.37. The van der Waals surface area contributed by atoms with Gasteiger partial charge in [0.05, 0.1) is 6.26 Å². The number of furan rings is 1. The Hall–Kier alpha value is -1.16. The Kier molecular flexibility index (Phi) is 3.69. The summed E-state index contributed by atoms with van der Waals surface area (Å²) in [5.41, 5.74) is 0. The van der Waals surface area contributed by atoms with Crippen molar-refractivity contribution in [3.05, 3.63) is 30.2 Å². The normalized spacial score (nSPS) is 30.2. The highest BCUT2D eigenvalue weighted by Crippen LogP contribution is 2.39. The van der Waals surface area contributed by atoms with Crippen molar-refractivity contribution in [1.82, 2.24) is 4.90 Å². The molecule has 19 heavy (non-hydrogen) atoms. The van der Waals surface area contributed by atoms with Crippen molar-refractivity contribution in [3.8, 4) is 0 Å². The minimum absolute atomic E-state index is 0.142. The first-order chi connectivity index (χ1) is 9.28. The first-order valence-corrected chi connectivity index (χ1v) is 8.13. The molecule has 0 aliphatic carbocycles. The Bertz CT molecular complexity index is 454. The highest BCUT2D eigenvalue weighted by molar-refractivity contribution is 7.99. The number of thioether (sulfide) groups is 1. The molecule has 0 radical (unpaired) electrons. The van der Waals surface area contributed by atoms with E-state index in [1.807, 2.05) is 23.9 Å². The summed E-state index contributed by atoms with van der Waals surface area (Å²) in [6.45, 7) is 0. The zero-order valence-electron chi connectivity index (χ0n) is 11.1. The molecule has 1 aromatic heterocycles. The Labute approximate surface area is 118 Å². The number of piperidine rings is 1. The van der Waals surface area contributed by atoms with E-state index in [0.29, 0.717) is 12.1 Å². The summed E-state index contributed by atoms with van der Waals surface area (Å²) >= 11 is 1.95. The quantitative estimate of drug-likeness (QED) is 0.796. The maximum Gasteiger partial charge on any atom is 0.247 e. The van der Waals surface area contributed by atoms with Crippen molar-refractivity contribution < 1.29 is 9.21 Å². The molecular formula is C15H19NO2S. The van der Waals surface area contributed by atoms with Crippen molar-refractivity contribution in [1.29, 1.82) is 0 Å². The molecule has 3 heterocycles. The summed E-state index contributed by atoms with van der Waals surface area (Å²) in [5.74, 6) is 0.878. The number of hydrogen-bond donors (Lipinski definition) is 0. The predicted octanol–water partition coefficient (Wildman–Crippen LogP) is 3.18. The van der Waals surface area contributed by atoms with Gasteiger partial charge in [-0.2, -0.15) is 11.8 Å². The standard InChI is InChI=1S/C15H19NO2S/c1-19-14-9-11-4-5-12(10-14)16(11)15(17)7-6-13-3-2-8-18-13/h2-3,6-8,11-12,14H,4-5,9-10H2,1H3/b7-6+/t11-,12+,14?. The molecule has 2 fully saturated rings. The molecule has 2 aliphatic rings. The second-order valence-corrected chi connectivity index (χ2v) is 6.45. The average molecular weight is 277 g/mol. The lowest BCUT2D eigenvalue weighted by molar-refractivity contribution is -0.129. The van der Waals surface area contributed by atoms with Crippen LogP contribution in [-0.2, 0) is 4.79 Å². The van der Waals surface area contributed by atoms with Crippen LogP contribution in [-0.4, -0.2) is 34.4 Å². The molecule has 0 spiro atoms. The van der Waals surface area contributed by atoms with Crippen LogP contribution in [0, 0.1) is 0 Å². The summed E-state index contributed by atoms with van der Waals surface area (Å²) in [6.07, 6.45) is 11.9. The topological polar surface area (TPSA) is 33.5 Å². The molecule has 2 bridgehead atoms. The molecule has 0 aromatic carbocycles. The molecule has 102 valence electrons. The number of nitrogens with zero attached hydrogens (tertiary/aromatic N) is 1. The lowest BCUT2D eigenvalue weighted by Crippen LogP contribution is -2.46. The third-order valence-corrected chi connectivity index (χ3v) is 5.26. The van der Waals surface area contributed by atoms with E-state index >= 15 is 0 Å². The number of hydrogen-bond acceptors (Lipinski definition) is 3. The van der Waals surface area contributed by atoms with E-state index in [4.69, 9.17) is 4.42 Å². The van der Waals surface area contributed by atoms with Crippen molar-refractivity contribution in [2.45, 2.75) is 43.0 Å². The number of carbonyl (C=O) groups is 1. The van der Waals surface area contributed by atoms with Crippen LogP contribution in [0.25, 0.3) is 6.08 Å². The van der Waals surface area contributed by atoms with Gasteiger partial charge in [-0.15, -0.1) is 0 Å². The van der Waals surface area contributed by atoms with Gasteiger partial charge in [0.15, 0.2) is 0 Å². The smallest absolute Gasteiger partial charge is 0.247 e. The molecule has 0 N–H and O–H groups in total. The average Bonchev–Trinajstić information content (AvgIpc) is 3.02. The highest BCUT2D eigenvalue weighted by Gasteiger charge is 2.42. The third-order valence-electron chi connectivity index (χ3n) is 4.21. The van der Waals surface area contributed by atoms with Gasteiger partial charge in [0.25, 0.3) is 0 Å². The van der Waals surface area contributed by atoms with Crippen molar-refractivity contribution in [3.63, 3.8) is 0 Å². The van der Waals surface area contributed by atoms with E-state index in [9.17, 15) is 4.79 Å². The van der Waals surface area contributed by atoms with E-state index in [1.165, 1.54) is 12.8 Å². The summed E-state index contributed by atoms with van der Waals surface area (Å²) in [5, 5.41) is 0.732. The SMILES string of the molecule is CSC1C[C@H]2CC[C@@H](C1)N2C(=O)/C=C/c1ccco1. The number of amides is 1. The maximum atomic E-state index is 12.3. The van der Waals surface area contributed by atoms with Crippen LogP contribution in [0.2, 0.25) is 0 Å².